The maximum Gasteiger partial charge on any atom is 0.166 e. The Balaban J connectivity index is 1.74. The van der Waals surface area contributed by atoms with Gasteiger partial charge in [-0.3, -0.25) is 0 Å². The van der Waals surface area contributed by atoms with E-state index >= 15 is 0 Å². The standard InChI is InChI=1S/C15H16N2O2/c18-14-4-1-3-11-5-6-12(9-13(11)14)19-10-15-16-7-2-8-17-15/h2,5-9,14,18H,1,3-4,10H2. The van der Waals surface area contributed by atoms with Crippen LogP contribution in [0.15, 0.2) is 36.7 Å². The molecule has 0 bridgehead atoms. The van der Waals surface area contributed by atoms with Gasteiger partial charge in [0.15, 0.2) is 5.82 Å². The maximum absolute atomic E-state index is 9.99. The molecular weight excluding hydrogens is 240 g/mol. The first-order valence-electron chi connectivity index (χ1n) is 6.52. The third-order valence-electron chi connectivity index (χ3n) is 3.39. The third-order valence-corrected chi connectivity index (χ3v) is 3.39. The molecule has 1 aliphatic rings. The summed E-state index contributed by atoms with van der Waals surface area (Å²) in [5.41, 5.74) is 2.22. The molecule has 0 aliphatic heterocycles. The van der Waals surface area contributed by atoms with E-state index in [2.05, 4.69) is 9.97 Å². The van der Waals surface area contributed by atoms with Crippen molar-refractivity contribution in [3.05, 3.63) is 53.6 Å². The molecule has 0 radical (unpaired) electrons. The third kappa shape index (κ3) is 2.74. The van der Waals surface area contributed by atoms with Gasteiger partial charge in [-0.2, -0.15) is 0 Å². The van der Waals surface area contributed by atoms with Crippen LogP contribution < -0.4 is 4.74 Å². The fourth-order valence-corrected chi connectivity index (χ4v) is 2.39. The highest BCUT2D eigenvalue weighted by Crippen LogP contribution is 2.32. The summed E-state index contributed by atoms with van der Waals surface area (Å²) in [7, 11) is 0. The van der Waals surface area contributed by atoms with Gasteiger partial charge >= 0.3 is 0 Å². The molecule has 98 valence electrons. The number of aliphatic hydroxyl groups is 1. The SMILES string of the molecule is OC1CCCc2ccc(OCc3ncccn3)cc21. The molecule has 4 heteroatoms. The van der Waals surface area contributed by atoms with Gasteiger partial charge in [0.1, 0.15) is 12.4 Å². The van der Waals surface area contributed by atoms with Crippen molar-refractivity contribution in [2.24, 2.45) is 0 Å². The summed E-state index contributed by atoms with van der Waals surface area (Å²) in [5.74, 6) is 1.41. The van der Waals surface area contributed by atoms with E-state index in [0.717, 1.165) is 30.6 Å². The highest BCUT2D eigenvalue weighted by Gasteiger charge is 2.18. The van der Waals surface area contributed by atoms with Crippen molar-refractivity contribution in [3.8, 4) is 5.75 Å². The van der Waals surface area contributed by atoms with Crippen LogP contribution in [0.25, 0.3) is 0 Å². The molecular formula is C15H16N2O2. The summed E-state index contributed by atoms with van der Waals surface area (Å²) < 4.78 is 5.67. The summed E-state index contributed by atoms with van der Waals surface area (Å²) in [6, 6.07) is 7.69. The van der Waals surface area contributed by atoms with Crippen LogP contribution >= 0.6 is 0 Å². The largest absolute Gasteiger partial charge is 0.486 e. The van der Waals surface area contributed by atoms with Crippen molar-refractivity contribution in [1.82, 2.24) is 9.97 Å². The number of hydrogen-bond acceptors (Lipinski definition) is 4. The van der Waals surface area contributed by atoms with Crippen LogP contribution in [0.3, 0.4) is 0 Å². The predicted molar refractivity (Wildman–Crippen MR) is 70.7 cm³/mol. The first-order valence-corrected chi connectivity index (χ1v) is 6.52. The molecule has 1 aliphatic carbocycles. The van der Waals surface area contributed by atoms with Crippen LogP contribution in [0.4, 0.5) is 0 Å². The Morgan fingerprint density at radius 2 is 2.11 bits per heavy atom. The molecule has 1 aromatic heterocycles. The molecule has 1 N–H and O–H groups in total. The van der Waals surface area contributed by atoms with Gasteiger partial charge in [0.25, 0.3) is 0 Å². The van der Waals surface area contributed by atoms with Crippen molar-refractivity contribution in [2.75, 3.05) is 0 Å². The van der Waals surface area contributed by atoms with E-state index < -0.39 is 0 Å². The number of aliphatic hydroxyl groups excluding tert-OH is 1. The van der Waals surface area contributed by atoms with Crippen LogP contribution in [0.5, 0.6) is 5.75 Å². The van der Waals surface area contributed by atoms with Crippen LogP contribution in [-0.2, 0) is 13.0 Å². The van der Waals surface area contributed by atoms with Gasteiger partial charge < -0.3 is 9.84 Å². The predicted octanol–water partition coefficient (Wildman–Crippen LogP) is 2.43. The van der Waals surface area contributed by atoms with E-state index in [1.54, 1.807) is 18.5 Å². The van der Waals surface area contributed by atoms with Gasteiger partial charge in [0, 0.05) is 12.4 Å². The van der Waals surface area contributed by atoms with Crippen LogP contribution in [0, 0.1) is 0 Å². The number of nitrogens with zero attached hydrogens (tertiary/aromatic N) is 2. The zero-order chi connectivity index (χ0) is 13.1. The zero-order valence-electron chi connectivity index (χ0n) is 10.6. The summed E-state index contributed by atoms with van der Waals surface area (Å²) in [5, 5.41) is 9.99. The van der Waals surface area contributed by atoms with Gasteiger partial charge in [-0.25, -0.2) is 9.97 Å². The Morgan fingerprint density at radius 3 is 2.95 bits per heavy atom. The first-order chi connectivity index (χ1) is 9.33. The second-order valence-corrected chi connectivity index (χ2v) is 4.72. The molecule has 0 saturated heterocycles. The minimum atomic E-state index is -0.361. The second-order valence-electron chi connectivity index (χ2n) is 4.72. The van der Waals surface area contributed by atoms with Gasteiger partial charge in [0.05, 0.1) is 6.10 Å². The van der Waals surface area contributed by atoms with E-state index in [1.165, 1.54) is 5.56 Å². The Bertz CT molecular complexity index is 557. The lowest BCUT2D eigenvalue weighted by Crippen LogP contribution is -2.09. The lowest BCUT2D eigenvalue weighted by atomic mass is 9.89. The van der Waals surface area contributed by atoms with E-state index in [9.17, 15) is 5.11 Å². The molecule has 1 unspecified atom stereocenters. The molecule has 0 fully saturated rings. The van der Waals surface area contributed by atoms with Crippen LogP contribution in [0.1, 0.15) is 35.9 Å². The first kappa shape index (κ1) is 12.1. The fourth-order valence-electron chi connectivity index (χ4n) is 2.39. The van der Waals surface area contributed by atoms with Crippen molar-refractivity contribution in [1.29, 1.82) is 0 Å². The number of hydrogen-bond donors (Lipinski definition) is 1. The molecule has 19 heavy (non-hydrogen) atoms. The number of fused-ring (bicyclic) bond motifs is 1. The van der Waals surface area contributed by atoms with Crippen LogP contribution in [0.2, 0.25) is 0 Å². The van der Waals surface area contributed by atoms with Crippen molar-refractivity contribution < 1.29 is 9.84 Å². The number of ether oxygens (including phenoxy) is 1. The Kier molecular flexibility index (Phi) is 3.42. The van der Waals surface area contributed by atoms with Crippen LogP contribution in [-0.4, -0.2) is 15.1 Å². The Hall–Kier alpha value is -1.94. The average Bonchev–Trinajstić information content (AvgIpc) is 2.47. The smallest absolute Gasteiger partial charge is 0.166 e. The minimum absolute atomic E-state index is 0.343. The highest BCUT2D eigenvalue weighted by atomic mass is 16.5. The van der Waals surface area contributed by atoms with E-state index in [0.29, 0.717) is 12.4 Å². The van der Waals surface area contributed by atoms with E-state index in [4.69, 9.17) is 4.74 Å². The van der Waals surface area contributed by atoms with Gasteiger partial charge in [-0.15, -0.1) is 0 Å². The Labute approximate surface area is 112 Å². The lowest BCUT2D eigenvalue weighted by molar-refractivity contribution is 0.156. The Morgan fingerprint density at radius 1 is 1.26 bits per heavy atom. The molecule has 0 spiro atoms. The van der Waals surface area contributed by atoms with Crippen molar-refractivity contribution >= 4 is 0 Å². The van der Waals surface area contributed by atoms with E-state index in [1.807, 2.05) is 18.2 Å². The summed E-state index contributed by atoms with van der Waals surface area (Å²) in [6.45, 7) is 0.343. The molecule has 1 heterocycles. The summed E-state index contributed by atoms with van der Waals surface area (Å²) in [4.78, 5) is 8.22. The van der Waals surface area contributed by atoms with E-state index in [-0.39, 0.29) is 6.10 Å². The zero-order valence-corrected chi connectivity index (χ0v) is 10.6. The monoisotopic (exact) mass is 256 g/mol. The summed E-state index contributed by atoms with van der Waals surface area (Å²) >= 11 is 0. The number of rotatable bonds is 3. The van der Waals surface area contributed by atoms with Gasteiger partial charge in [-0.1, -0.05) is 6.07 Å². The number of aromatic nitrogens is 2. The molecule has 0 saturated carbocycles. The quantitative estimate of drug-likeness (QED) is 0.916. The lowest BCUT2D eigenvalue weighted by Gasteiger charge is -2.21. The normalized spacial score (nSPS) is 17.8. The highest BCUT2D eigenvalue weighted by molar-refractivity contribution is 5.38. The molecule has 2 aromatic rings. The minimum Gasteiger partial charge on any atom is -0.486 e. The second kappa shape index (κ2) is 5.36. The van der Waals surface area contributed by atoms with Crippen molar-refractivity contribution in [2.45, 2.75) is 32.0 Å². The maximum atomic E-state index is 9.99. The van der Waals surface area contributed by atoms with Gasteiger partial charge in [-0.05, 0) is 48.6 Å². The molecule has 3 rings (SSSR count). The van der Waals surface area contributed by atoms with Gasteiger partial charge in [0.2, 0.25) is 0 Å². The number of aryl methyl sites for hydroxylation is 1. The topological polar surface area (TPSA) is 55.2 Å². The molecule has 0 amide bonds. The average molecular weight is 256 g/mol. The molecule has 4 nitrogen and oxygen atoms in total. The van der Waals surface area contributed by atoms with Crippen molar-refractivity contribution in [3.63, 3.8) is 0 Å². The molecule has 1 aromatic carbocycles. The molecule has 1 atom stereocenters. The number of benzene rings is 1. The fraction of sp³-hybridized carbons (Fsp3) is 0.333. The summed E-state index contributed by atoms with van der Waals surface area (Å²) in [6.07, 6.45) is 5.95.